The van der Waals surface area contributed by atoms with Crippen molar-refractivity contribution in [3.8, 4) is 0 Å². The molecule has 2 heterocycles. The van der Waals surface area contributed by atoms with Gasteiger partial charge < -0.3 is 10.4 Å². The number of hydrogen-bond acceptors (Lipinski definition) is 5. The number of amides is 1. The normalized spacial score (nSPS) is 10.4. The van der Waals surface area contributed by atoms with Crippen LogP contribution in [0.5, 0.6) is 0 Å². The van der Waals surface area contributed by atoms with E-state index in [1.807, 2.05) is 0 Å². The Morgan fingerprint density at radius 3 is 2.79 bits per heavy atom. The number of thiazole rings is 1. The maximum Gasteiger partial charge on any atom is 0.355 e. The molecule has 100 valence electrons. The largest absolute Gasteiger partial charge is 0.476 e. The standard InChI is InChI=1S/C11H9ClN2O3S2/c12-8-2-1-7(19-8)10(15)13-4-3-9-14-6(5-18-9)11(16)17/h1-2,5H,3-4H2,(H,13,15)(H,16,17). The van der Waals surface area contributed by atoms with Crippen LogP contribution >= 0.6 is 34.3 Å². The van der Waals surface area contributed by atoms with Crippen LogP contribution in [-0.4, -0.2) is 28.5 Å². The highest BCUT2D eigenvalue weighted by Gasteiger charge is 2.10. The maximum absolute atomic E-state index is 11.7. The second-order valence-corrected chi connectivity index (χ2v) is 6.20. The Balaban J connectivity index is 1.83. The van der Waals surface area contributed by atoms with Gasteiger partial charge in [-0.15, -0.1) is 22.7 Å². The van der Waals surface area contributed by atoms with E-state index in [4.69, 9.17) is 16.7 Å². The Hall–Kier alpha value is -1.44. The first-order valence-electron chi connectivity index (χ1n) is 5.27. The Kier molecular flexibility index (Phi) is 4.52. The quantitative estimate of drug-likeness (QED) is 0.888. The van der Waals surface area contributed by atoms with Crippen LogP contribution in [-0.2, 0) is 6.42 Å². The molecule has 0 saturated carbocycles. The molecule has 1 amide bonds. The average Bonchev–Trinajstić information content (AvgIpc) is 2.98. The molecule has 2 rings (SSSR count). The first kappa shape index (κ1) is 14.0. The minimum Gasteiger partial charge on any atom is -0.476 e. The van der Waals surface area contributed by atoms with Gasteiger partial charge in [-0.1, -0.05) is 11.6 Å². The molecule has 0 unspecified atom stereocenters. The number of rotatable bonds is 5. The topological polar surface area (TPSA) is 79.3 Å². The van der Waals surface area contributed by atoms with Crippen molar-refractivity contribution in [2.24, 2.45) is 0 Å². The van der Waals surface area contributed by atoms with Crippen LogP contribution in [0, 0.1) is 0 Å². The van der Waals surface area contributed by atoms with Gasteiger partial charge in [-0.25, -0.2) is 9.78 Å². The van der Waals surface area contributed by atoms with Gasteiger partial charge in [0, 0.05) is 18.3 Å². The van der Waals surface area contributed by atoms with E-state index >= 15 is 0 Å². The SMILES string of the molecule is O=C(O)c1csc(CCNC(=O)c2ccc(Cl)s2)n1. The lowest BCUT2D eigenvalue weighted by molar-refractivity contribution is 0.0690. The third kappa shape index (κ3) is 3.76. The Bertz CT molecular complexity index is 609. The minimum atomic E-state index is -1.04. The second kappa shape index (κ2) is 6.14. The Morgan fingerprint density at radius 1 is 1.42 bits per heavy atom. The van der Waals surface area contributed by atoms with E-state index in [1.54, 1.807) is 12.1 Å². The molecular formula is C11H9ClN2O3S2. The number of carboxylic acids is 1. The number of carboxylic acid groups (broad SMARTS) is 1. The summed E-state index contributed by atoms with van der Waals surface area (Å²) in [4.78, 5) is 26.8. The monoisotopic (exact) mass is 316 g/mol. The fourth-order valence-electron chi connectivity index (χ4n) is 1.33. The highest BCUT2D eigenvalue weighted by atomic mass is 35.5. The summed E-state index contributed by atoms with van der Waals surface area (Å²) < 4.78 is 0.566. The number of halogens is 1. The van der Waals surface area contributed by atoms with Crippen molar-refractivity contribution in [2.45, 2.75) is 6.42 Å². The van der Waals surface area contributed by atoms with Crippen molar-refractivity contribution in [3.05, 3.63) is 37.4 Å². The first-order chi connectivity index (χ1) is 9.06. The molecule has 19 heavy (non-hydrogen) atoms. The number of aromatic carboxylic acids is 1. The average molecular weight is 317 g/mol. The molecule has 0 bridgehead atoms. The fraction of sp³-hybridized carbons (Fsp3) is 0.182. The number of carbonyl (C=O) groups is 2. The fourth-order valence-corrected chi connectivity index (χ4v) is 3.06. The van der Waals surface area contributed by atoms with Crippen LogP contribution in [0.2, 0.25) is 4.34 Å². The number of hydrogen-bond donors (Lipinski definition) is 2. The summed E-state index contributed by atoms with van der Waals surface area (Å²) in [7, 11) is 0. The van der Waals surface area contributed by atoms with E-state index in [2.05, 4.69) is 10.3 Å². The van der Waals surface area contributed by atoms with E-state index in [1.165, 1.54) is 28.1 Å². The Morgan fingerprint density at radius 2 is 2.21 bits per heavy atom. The van der Waals surface area contributed by atoms with Crippen molar-refractivity contribution in [1.29, 1.82) is 0 Å². The predicted octanol–water partition coefficient (Wildman–Crippen LogP) is 2.53. The predicted molar refractivity (Wildman–Crippen MR) is 74.4 cm³/mol. The molecule has 2 aromatic heterocycles. The van der Waals surface area contributed by atoms with E-state index in [0.717, 1.165) is 0 Å². The molecule has 0 atom stereocenters. The van der Waals surface area contributed by atoms with E-state index < -0.39 is 5.97 Å². The molecule has 2 N–H and O–H groups in total. The van der Waals surface area contributed by atoms with E-state index in [0.29, 0.717) is 27.2 Å². The highest BCUT2D eigenvalue weighted by Crippen LogP contribution is 2.21. The first-order valence-corrected chi connectivity index (χ1v) is 7.35. The summed E-state index contributed by atoms with van der Waals surface area (Å²) in [5, 5.41) is 13.6. The van der Waals surface area contributed by atoms with Gasteiger partial charge in [0.25, 0.3) is 5.91 Å². The summed E-state index contributed by atoms with van der Waals surface area (Å²) >= 11 is 8.22. The molecule has 8 heteroatoms. The van der Waals surface area contributed by atoms with Gasteiger partial charge in [-0.05, 0) is 12.1 Å². The molecule has 0 aliphatic rings. The van der Waals surface area contributed by atoms with Gasteiger partial charge in [-0.3, -0.25) is 4.79 Å². The lowest BCUT2D eigenvalue weighted by Gasteiger charge is -2.01. The van der Waals surface area contributed by atoms with Gasteiger partial charge >= 0.3 is 5.97 Å². The molecule has 0 spiro atoms. The zero-order valence-corrected chi connectivity index (χ0v) is 11.9. The maximum atomic E-state index is 11.7. The summed E-state index contributed by atoms with van der Waals surface area (Å²) in [6.07, 6.45) is 0.503. The van der Waals surface area contributed by atoms with Gasteiger partial charge in [0.15, 0.2) is 5.69 Å². The molecule has 0 radical (unpaired) electrons. The van der Waals surface area contributed by atoms with Crippen molar-refractivity contribution in [3.63, 3.8) is 0 Å². The summed E-state index contributed by atoms with van der Waals surface area (Å²) in [6, 6.07) is 3.33. The van der Waals surface area contributed by atoms with Crippen LogP contribution in [0.15, 0.2) is 17.5 Å². The summed E-state index contributed by atoms with van der Waals surface area (Å²) in [5.74, 6) is -1.23. The number of thiophene rings is 1. The smallest absolute Gasteiger partial charge is 0.355 e. The summed E-state index contributed by atoms with van der Waals surface area (Å²) in [6.45, 7) is 0.404. The van der Waals surface area contributed by atoms with Crippen molar-refractivity contribution >= 4 is 46.2 Å². The number of nitrogens with one attached hydrogen (secondary N) is 1. The van der Waals surface area contributed by atoms with Gasteiger partial charge in [0.05, 0.1) is 14.2 Å². The highest BCUT2D eigenvalue weighted by molar-refractivity contribution is 7.18. The van der Waals surface area contributed by atoms with E-state index in [-0.39, 0.29) is 11.6 Å². The van der Waals surface area contributed by atoms with Crippen LogP contribution in [0.4, 0.5) is 0 Å². The van der Waals surface area contributed by atoms with E-state index in [9.17, 15) is 9.59 Å². The van der Waals surface area contributed by atoms with Gasteiger partial charge in [0.1, 0.15) is 0 Å². The second-order valence-electron chi connectivity index (χ2n) is 3.54. The molecular weight excluding hydrogens is 308 g/mol. The molecule has 0 aliphatic heterocycles. The molecule has 2 aromatic rings. The number of carbonyl (C=O) groups excluding carboxylic acids is 1. The lowest BCUT2D eigenvalue weighted by Crippen LogP contribution is -2.24. The van der Waals surface area contributed by atoms with Crippen LogP contribution in [0.1, 0.15) is 25.2 Å². The number of aromatic nitrogens is 1. The molecule has 0 saturated heterocycles. The molecule has 0 fully saturated rings. The minimum absolute atomic E-state index is 0.0383. The molecule has 0 aromatic carbocycles. The van der Waals surface area contributed by atoms with Crippen LogP contribution in [0.3, 0.4) is 0 Å². The van der Waals surface area contributed by atoms with Crippen LogP contribution < -0.4 is 5.32 Å². The molecule has 0 aliphatic carbocycles. The summed E-state index contributed by atoms with van der Waals surface area (Å²) in [5.41, 5.74) is 0.0383. The lowest BCUT2D eigenvalue weighted by atomic mass is 10.4. The molecule has 5 nitrogen and oxygen atoms in total. The third-order valence-electron chi connectivity index (χ3n) is 2.19. The third-order valence-corrected chi connectivity index (χ3v) is 4.33. The van der Waals surface area contributed by atoms with Crippen molar-refractivity contribution < 1.29 is 14.7 Å². The van der Waals surface area contributed by atoms with Gasteiger partial charge in [-0.2, -0.15) is 0 Å². The number of nitrogens with zero attached hydrogens (tertiary/aromatic N) is 1. The zero-order valence-electron chi connectivity index (χ0n) is 9.55. The van der Waals surface area contributed by atoms with Gasteiger partial charge in [0.2, 0.25) is 0 Å². The van der Waals surface area contributed by atoms with Crippen LogP contribution in [0.25, 0.3) is 0 Å². The zero-order chi connectivity index (χ0) is 13.8. The van der Waals surface area contributed by atoms with Crippen molar-refractivity contribution in [1.82, 2.24) is 10.3 Å². The Labute approximate surface area is 121 Å². The van der Waals surface area contributed by atoms with Crippen molar-refractivity contribution in [2.75, 3.05) is 6.54 Å².